The molecule has 2 nitrogen and oxygen atoms in total. The van der Waals surface area contributed by atoms with E-state index in [2.05, 4.69) is 0 Å². The summed E-state index contributed by atoms with van der Waals surface area (Å²) in [6.45, 7) is 2.58. The number of rotatable bonds is 5. The standard InChI is InChI=1S/C11H15F2NO/c1-2-9-10(12)6-8(7-11(9)13)15-5-3-4-14/h6-7H,2-5,14H2,1H3. The Bertz CT molecular complexity index is 305. The average Bonchev–Trinajstić information content (AvgIpc) is 2.18. The minimum atomic E-state index is -0.555. The molecule has 0 aliphatic heterocycles. The molecule has 1 aromatic carbocycles. The predicted molar refractivity (Wildman–Crippen MR) is 54.9 cm³/mol. The minimum absolute atomic E-state index is 0.0983. The second-order valence-corrected chi connectivity index (χ2v) is 3.21. The van der Waals surface area contributed by atoms with Gasteiger partial charge in [0.2, 0.25) is 0 Å². The van der Waals surface area contributed by atoms with E-state index < -0.39 is 11.6 Å². The summed E-state index contributed by atoms with van der Waals surface area (Å²) in [5.41, 5.74) is 5.37. The van der Waals surface area contributed by atoms with Gasteiger partial charge in [0.25, 0.3) is 0 Å². The minimum Gasteiger partial charge on any atom is -0.493 e. The van der Waals surface area contributed by atoms with Crippen molar-refractivity contribution in [2.45, 2.75) is 19.8 Å². The van der Waals surface area contributed by atoms with Crippen LogP contribution >= 0.6 is 0 Å². The van der Waals surface area contributed by atoms with E-state index in [1.807, 2.05) is 0 Å². The van der Waals surface area contributed by atoms with Crippen molar-refractivity contribution in [1.82, 2.24) is 0 Å². The van der Waals surface area contributed by atoms with Crippen LogP contribution in [-0.4, -0.2) is 13.2 Å². The van der Waals surface area contributed by atoms with Gasteiger partial charge in [-0.25, -0.2) is 8.78 Å². The van der Waals surface area contributed by atoms with E-state index in [4.69, 9.17) is 10.5 Å². The summed E-state index contributed by atoms with van der Waals surface area (Å²) in [5.74, 6) is -0.892. The Morgan fingerprint density at radius 1 is 1.27 bits per heavy atom. The first-order chi connectivity index (χ1) is 7.19. The molecule has 0 aliphatic rings. The van der Waals surface area contributed by atoms with Gasteiger partial charge >= 0.3 is 0 Å². The van der Waals surface area contributed by atoms with Crippen LogP contribution in [0.15, 0.2) is 12.1 Å². The van der Waals surface area contributed by atoms with E-state index in [0.717, 1.165) is 0 Å². The first-order valence-electron chi connectivity index (χ1n) is 4.99. The predicted octanol–water partition coefficient (Wildman–Crippen LogP) is 2.25. The molecule has 0 atom stereocenters. The topological polar surface area (TPSA) is 35.2 Å². The highest BCUT2D eigenvalue weighted by Gasteiger charge is 2.09. The van der Waals surface area contributed by atoms with Gasteiger partial charge in [0.15, 0.2) is 0 Å². The zero-order chi connectivity index (χ0) is 11.3. The lowest BCUT2D eigenvalue weighted by Gasteiger charge is -2.08. The number of hydrogen-bond donors (Lipinski definition) is 1. The quantitative estimate of drug-likeness (QED) is 0.764. The van der Waals surface area contributed by atoms with Crippen LogP contribution in [0.3, 0.4) is 0 Å². The zero-order valence-electron chi connectivity index (χ0n) is 8.72. The third kappa shape index (κ3) is 3.16. The molecule has 0 bridgehead atoms. The number of ether oxygens (including phenoxy) is 1. The first kappa shape index (κ1) is 11.9. The van der Waals surface area contributed by atoms with Crippen LogP contribution in [0, 0.1) is 11.6 Å². The maximum Gasteiger partial charge on any atom is 0.132 e. The van der Waals surface area contributed by atoms with Crippen molar-refractivity contribution in [3.05, 3.63) is 29.3 Å². The van der Waals surface area contributed by atoms with Gasteiger partial charge in [0.05, 0.1) is 6.61 Å². The molecule has 1 rings (SSSR count). The number of nitrogens with two attached hydrogens (primary N) is 1. The Kier molecular flexibility index (Phi) is 4.49. The van der Waals surface area contributed by atoms with Crippen LogP contribution in [-0.2, 0) is 6.42 Å². The fraction of sp³-hybridized carbons (Fsp3) is 0.455. The normalized spacial score (nSPS) is 10.4. The second-order valence-electron chi connectivity index (χ2n) is 3.21. The van der Waals surface area contributed by atoms with Gasteiger partial charge in [0, 0.05) is 17.7 Å². The molecule has 0 aromatic heterocycles. The molecule has 0 unspecified atom stereocenters. The van der Waals surface area contributed by atoms with Crippen LogP contribution in [0.5, 0.6) is 5.75 Å². The van der Waals surface area contributed by atoms with Crippen LogP contribution in [0.4, 0.5) is 8.78 Å². The molecule has 0 radical (unpaired) electrons. The summed E-state index contributed by atoms with van der Waals surface area (Å²) in [5, 5.41) is 0. The van der Waals surface area contributed by atoms with Crippen molar-refractivity contribution in [2.75, 3.05) is 13.2 Å². The van der Waals surface area contributed by atoms with Gasteiger partial charge in [-0.05, 0) is 19.4 Å². The maximum atomic E-state index is 13.3. The molecular weight excluding hydrogens is 200 g/mol. The maximum absolute atomic E-state index is 13.3. The summed E-state index contributed by atoms with van der Waals surface area (Å²) in [4.78, 5) is 0. The average molecular weight is 215 g/mol. The number of benzene rings is 1. The SMILES string of the molecule is CCc1c(F)cc(OCCCN)cc1F. The third-order valence-corrected chi connectivity index (χ3v) is 2.09. The van der Waals surface area contributed by atoms with Crippen LogP contribution in [0.2, 0.25) is 0 Å². The van der Waals surface area contributed by atoms with Gasteiger partial charge in [-0.2, -0.15) is 0 Å². The Hall–Kier alpha value is -1.16. The summed E-state index contributed by atoms with van der Waals surface area (Å²) in [6, 6.07) is 2.41. The summed E-state index contributed by atoms with van der Waals surface area (Å²) in [6.07, 6.45) is 1.000. The Balaban J connectivity index is 2.75. The molecule has 0 saturated heterocycles. The van der Waals surface area contributed by atoms with Gasteiger partial charge in [-0.1, -0.05) is 6.92 Å². The van der Waals surface area contributed by atoms with Crippen LogP contribution < -0.4 is 10.5 Å². The smallest absolute Gasteiger partial charge is 0.132 e. The fourth-order valence-electron chi connectivity index (χ4n) is 1.27. The highest BCUT2D eigenvalue weighted by Crippen LogP contribution is 2.21. The first-order valence-corrected chi connectivity index (χ1v) is 4.99. The molecule has 4 heteroatoms. The zero-order valence-corrected chi connectivity index (χ0v) is 8.72. The van der Waals surface area contributed by atoms with E-state index in [-0.39, 0.29) is 11.3 Å². The van der Waals surface area contributed by atoms with Gasteiger partial charge in [0.1, 0.15) is 17.4 Å². The molecular formula is C11H15F2NO. The van der Waals surface area contributed by atoms with Gasteiger partial charge < -0.3 is 10.5 Å². The third-order valence-electron chi connectivity index (χ3n) is 2.09. The van der Waals surface area contributed by atoms with E-state index in [0.29, 0.717) is 26.0 Å². The largest absolute Gasteiger partial charge is 0.493 e. The van der Waals surface area contributed by atoms with Crippen molar-refractivity contribution < 1.29 is 13.5 Å². The highest BCUT2D eigenvalue weighted by atomic mass is 19.1. The highest BCUT2D eigenvalue weighted by molar-refractivity contribution is 5.30. The molecule has 0 aliphatic carbocycles. The summed E-state index contributed by atoms with van der Waals surface area (Å²) in [7, 11) is 0. The Labute approximate surface area is 88.0 Å². The fourth-order valence-corrected chi connectivity index (χ4v) is 1.27. The van der Waals surface area contributed by atoms with Crippen molar-refractivity contribution in [1.29, 1.82) is 0 Å². The number of hydrogen-bond acceptors (Lipinski definition) is 2. The van der Waals surface area contributed by atoms with Crippen molar-refractivity contribution in [3.8, 4) is 5.75 Å². The van der Waals surface area contributed by atoms with Crippen LogP contribution in [0.1, 0.15) is 18.9 Å². The van der Waals surface area contributed by atoms with E-state index >= 15 is 0 Å². The lowest BCUT2D eigenvalue weighted by molar-refractivity contribution is 0.309. The second kappa shape index (κ2) is 5.66. The monoisotopic (exact) mass is 215 g/mol. The van der Waals surface area contributed by atoms with E-state index in [1.54, 1.807) is 6.92 Å². The summed E-state index contributed by atoms with van der Waals surface area (Å²) >= 11 is 0. The molecule has 0 spiro atoms. The van der Waals surface area contributed by atoms with Gasteiger partial charge in [-0.15, -0.1) is 0 Å². The lowest BCUT2D eigenvalue weighted by atomic mass is 10.1. The molecule has 15 heavy (non-hydrogen) atoms. The molecule has 1 aromatic rings. The Morgan fingerprint density at radius 3 is 2.33 bits per heavy atom. The molecule has 0 heterocycles. The molecule has 84 valence electrons. The van der Waals surface area contributed by atoms with Crippen LogP contribution in [0.25, 0.3) is 0 Å². The Morgan fingerprint density at radius 2 is 1.87 bits per heavy atom. The van der Waals surface area contributed by atoms with E-state index in [9.17, 15) is 8.78 Å². The lowest BCUT2D eigenvalue weighted by Crippen LogP contribution is -2.06. The molecule has 0 fully saturated rings. The van der Waals surface area contributed by atoms with Crippen molar-refractivity contribution in [2.24, 2.45) is 5.73 Å². The molecule has 2 N–H and O–H groups in total. The van der Waals surface area contributed by atoms with Gasteiger partial charge in [-0.3, -0.25) is 0 Å². The molecule has 0 saturated carbocycles. The van der Waals surface area contributed by atoms with Crippen molar-refractivity contribution >= 4 is 0 Å². The van der Waals surface area contributed by atoms with Crippen molar-refractivity contribution in [3.63, 3.8) is 0 Å². The van der Waals surface area contributed by atoms with E-state index in [1.165, 1.54) is 12.1 Å². The summed E-state index contributed by atoms with van der Waals surface area (Å²) < 4.78 is 31.7. The number of halogens is 2. The molecule has 0 amide bonds.